The predicted octanol–water partition coefficient (Wildman–Crippen LogP) is 3.12. The number of benzene rings is 2. The lowest BCUT2D eigenvalue weighted by Crippen LogP contribution is -2.28. The molecule has 0 fully saturated rings. The Kier molecular flexibility index (Phi) is 6.23. The van der Waals surface area contributed by atoms with Crippen LogP contribution in [-0.2, 0) is 4.79 Å². The summed E-state index contributed by atoms with van der Waals surface area (Å²) in [6.07, 6.45) is 1.46. The zero-order valence-electron chi connectivity index (χ0n) is 14.9. The van der Waals surface area contributed by atoms with Crippen LogP contribution in [0.3, 0.4) is 0 Å². The van der Waals surface area contributed by atoms with Crippen molar-refractivity contribution >= 4 is 11.6 Å². The minimum atomic E-state index is -0.457. The minimum absolute atomic E-state index is 0.0130. The number of phenolic OH excluding ortho intramolecular Hbond substituents is 1. The summed E-state index contributed by atoms with van der Waals surface area (Å²) in [5.74, 6) is 0.430. The predicted molar refractivity (Wildman–Crippen MR) is 99.8 cm³/mol. The van der Waals surface area contributed by atoms with Gasteiger partial charge in [-0.2, -0.15) is 5.26 Å². The summed E-state index contributed by atoms with van der Waals surface area (Å²) in [6, 6.07) is 15.5. The summed E-state index contributed by atoms with van der Waals surface area (Å²) < 4.78 is 5.12. The number of carbonyl (C=O) groups is 1. The number of phenols is 1. The highest BCUT2D eigenvalue weighted by Gasteiger charge is 2.15. The van der Waals surface area contributed by atoms with E-state index in [1.165, 1.54) is 18.3 Å². The van der Waals surface area contributed by atoms with Crippen molar-refractivity contribution in [3.8, 4) is 17.6 Å². The Morgan fingerprint density at radius 2 is 1.85 bits per heavy atom. The van der Waals surface area contributed by atoms with Gasteiger partial charge in [0.25, 0.3) is 5.91 Å². The van der Waals surface area contributed by atoms with Gasteiger partial charge in [-0.05, 0) is 48.9 Å². The van der Waals surface area contributed by atoms with Crippen LogP contribution in [0.15, 0.2) is 60.3 Å². The molecule has 0 aromatic heterocycles. The molecule has 0 saturated carbocycles. The lowest BCUT2D eigenvalue weighted by molar-refractivity contribution is -0.117. The Hall–Kier alpha value is -3.46. The number of anilines is 1. The van der Waals surface area contributed by atoms with Crippen molar-refractivity contribution in [2.24, 2.45) is 0 Å². The first-order chi connectivity index (χ1) is 12.4. The van der Waals surface area contributed by atoms with Crippen molar-refractivity contribution in [2.45, 2.75) is 13.0 Å². The van der Waals surface area contributed by atoms with Gasteiger partial charge in [-0.1, -0.05) is 12.1 Å². The first-order valence-corrected chi connectivity index (χ1v) is 8.03. The number of nitrogens with one attached hydrogen (secondary N) is 1. The van der Waals surface area contributed by atoms with Crippen LogP contribution in [0.1, 0.15) is 18.5 Å². The van der Waals surface area contributed by atoms with Crippen LogP contribution >= 0.6 is 0 Å². The van der Waals surface area contributed by atoms with Gasteiger partial charge in [0.05, 0.1) is 13.2 Å². The molecule has 134 valence electrons. The number of carbonyl (C=O) groups excluding carboxylic acids is 1. The monoisotopic (exact) mass is 351 g/mol. The third-order valence-corrected chi connectivity index (χ3v) is 3.91. The van der Waals surface area contributed by atoms with Gasteiger partial charge in [-0.15, -0.1) is 0 Å². The number of methoxy groups -OCH3 is 1. The molecule has 2 rings (SSSR count). The maximum atomic E-state index is 12.4. The van der Waals surface area contributed by atoms with Gasteiger partial charge in [0.15, 0.2) is 0 Å². The number of ether oxygens (including phenoxy) is 1. The lowest BCUT2D eigenvalue weighted by Gasteiger charge is -2.17. The standard InChI is InChI=1S/C20H21N3O3/c1-14(15-4-10-19(26-3)11-5-15)22-20(25)16(12-21)13-23(2)17-6-8-18(24)9-7-17/h4-11,13-14,24H,1-3H3,(H,22,25)/b16-13-. The Bertz CT molecular complexity index is 821. The first kappa shape index (κ1) is 18.9. The molecule has 0 aliphatic heterocycles. The average molecular weight is 351 g/mol. The summed E-state index contributed by atoms with van der Waals surface area (Å²) in [6.45, 7) is 1.85. The van der Waals surface area contributed by atoms with Crippen LogP contribution < -0.4 is 15.0 Å². The SMILES string of the molecule is COc1ccc(C(C)NC(=O)/C(C#N)=C\N(C)c2ccc(O)cc2)cc1. The Morgan fingerprint density at radius 1 is 1.23 bits per heavy atom. The van der Waals surface area contributed by atoms with E-state index < -0.39 is 5.91 Å². The molecule has 1 atom stereocenters. The van der Waals surface area contributed by atoms with E-state index in [0.717, 1.165) is 17.0 Å². The van der Waals surface area contributed by atoms with E-state index >= 15 is 0 Å². The second-order valence-corrected chi connectivity index (χ2v) is 5.75. The third kappa shape index (κ3) is 4.77. The lowest BCUT2D eigenvalue weighted by atomic mass is 10.1. The van der Waals surface area contributed by atoms with Crippen LogP contribution in [0.4, 0.5) is 5.69 Å². The highest BCUT2D eigenvalue weighted by molar-refractivity contribution is 5.97. The molecule has 0 aliphatic carbocycles. The molecule has 0 aliphatic rings. The van der Waals surface area contributed by atoms with Crippen molar-refractivity contribution < 1.29 is 14.6 Å². The Labute approximate surface area is 152 Å². The molecule has 2 aromatic carbocycles. The molecule has 1 amide bonds. The number of hydrogen-bond acceptors (Lipinski definition) is 5. The summed E-state index contributed by atoms with van der Waals surface area (Å²) in [5, 5.41) is 21.5. The second kappa shape index (κ2) is 8.58. The minimum Gasteiger partial charge on any atom is -0.508 e. The molecule has 0 bridgehead atoms. The Morgan fingerprint density at radius 3 is 2.38 bits per heavy atom. The molecule has 0 radical (unpaired) electrons. The van der Waals surface area contributed by atoms with Gasteiger partial charge in [0.2, 0.25) is 0 Å². The number of amides is 1. The average Bonchev–Trinajstić information content (AvgIpc) is 2.66. The van der Waals surface area contributed by atoms with Crippen molar-refractivity contribution in [1.29, 1.82) is 5.26 Å². The Balaban J connectivity index is 2.09. The molecular weight excluding hydrogens is 330 g/mol. The van der Waals surface area contributed by atoms with E-state index in [1.807, 2.05) is 37.3 Å². The summed E-state index contributed by atoms with van der Waals surface area (Å²) in [4.78, 5) is 14.1. The van der Waals surface area contributed by atoms with Crippen LogP contribution in [0.2, 0.25) is 0 Å². The maximum absolute atomic E-state index is 12.4. The fourth-order valence-corrected chi connectivity index (χ4v) is 2.34. The number of aromatic hydroxyl groups is 1. The molecule has 1 unspecified atom stereocenters. The van der Waals surface area contributed by atoms with Gasteiger partial charge in [-0.3, -0.25) is 4.79 Å². The van der Waals surface area contributed by atoms with E-state index in [1.54, 1.807) is 31.2 Å². The van der Waals surface area contributed by atoms with Gasteiger partial charge in [0, 0.05) is 18.9 Å². The largest absolute Gasteiger partial charge is 0.508 e. The van der Waals surface area contributed by atoms with Crippen LogP contribution in [0.25, 0.3) is 0 Å². The van der Waals surface area contributed by atoms with Gasteiger partial charge in [0.1, 0.15) is 23.1 Å². The topological polar surface area (TPSA) is 85.6 Å². The first-order valence-electron chi connectivity index (χ1n) is 8.03. The molecule has 0 spiro atoms. The van der Waals surface area contributed by atoms with Gasteiger partial charge >= 0.3 is 0 Å². The number of nitriles is 1. The van der Waals surface area contributed by atoms with Crippen molar-refractivity contribution in [3.05, 3.63) is 65.9 Å². The quantitative estimate of drug-likeness (QED) is 0.617. The molecule has 2 aromatic rings. The number of rotatable bonds is 6. The smallest absolute Gasteiger partial charge is 0.263 e. The molecule has 6 nitrogen and oxygen atoms in total. The van der Waals surface area contributed by atoms with E-state index in [4.69, 9.17) is 4.74 Å². The van der Waals surface area contributed by atoms with Gasteiger partial charge in [-0.25, -0.2) is 0 Å². The summed E-state index contributed by atoms with van der Waals surface area (Å²) >= 11 is 0. The molecular formula is C20H21N3O3. The van der Waals surface area contributed by atoms with Crippen LogP contribution in [-0.4, -0.2) is 25.2 Å². The third-order valence-electron chi connectivity index (χ3n) is 3.91. The van der Waals surface area contributed by atoms with Crippen molar-refractivity contribution in [1.82, 2.24) is 5.32 Å². The molecule has 26 heavy (non-hydrogen) atoms. The molecule has 0 saturated heterocycles. The maximum Gasteiger partial charge on any atom is 0.263 e. The second-order valence-electron chi connectivity index (χ2n) is 5.75. The fraction of sp³-hybridized carbons (Fsp3) is 0.200. The van der Waals surface area contributed by atoms with E-state index in [-0.39, 0.29) is 17.4 Å². The normalized spacial score (nSPS) is 12.0. The van der Waals surface area contributed by atoms with E-state index in [9.17, 15) is 15.2 Å². The summed E-state index contributed by atoms with van der Waals surface area (Å²) in [5.41, 5.74) is 1.64. The molecule has 0 heterocycles. The van der Waals surface area contributed by atoms with E-state index in [2.05, 4.69) is 5.32 Å². The zero-order valence-corrected chi connectivity index (χ0v) is 14.9. The molecule has 2 N–H and O–H groups in total. The highest BCUT2D eigenvalue weighted by atomic mass is 16.5. The van der Waals surface area contributed by atoms with E-state index in [0.29, 0.717) is 0 Å². The van der Waals surface area contributed by atoms with Crippen LogP contribution in [0.5, 0.6) is 11.5 Å². The highest BCUT2D eigenvalue weighted by Crippen LogP contribution is 2.19. The summed E-state index contributed by atoms with van der Waals surface area (Å²) in [7, 11) is 3.32. The van der Waals surface area contributed by atoms with Gasteiger partial charge < -0.3 is 20.1 Å². The fourth-order valence-electron chi connectivity index (χ4n) is 2.34. The zero-order chi connectivity index (χ0) is 19.1. The molecule has 6 heteroatoms. The van der Waals surface area contributed by atoms with Crippen LogP contribution in [0, 0.1) is 11.3 Å². The number of hydrogen-bond donors (Lipinski definition) is 2. The van der Waals surface area contributed by atoms with Crippen molar-refractivity contribution in [3.63, 3.8) is 0 Å². The number of nitrogens with zero attached hydrogens (tertiary/aromatic N) is 2. The van der Waals surface area contributed by atoms with Crippen molar-refractivity contribution in [2.75, 3.05) is 19.1 Å².